The fraction of sp³-hybridized carbons (Fsp3) is 0.364. The number of carbonyl (C=O) groups is 2. The van der Waals surface area contributed by atoms with E-state index in [0.717, 1.165) is 58.1 Å². The van der Waals surface area contributed by atoms with E-state index >= 15 is 0 Å². The molecule has 1 aliphatic rings. The van der Waals surface area contributed by atoms with Gasteiger partial charge in [0.2, 0.25) is 5.95 Å². The van der Waals surface area contributed by atoms with Crippen LogP contribution in [-0.4, -0.2) is 45.5 Å². The highest BCUT2D eigenvalue weighted by Gasteiger charge is 2.28. The van der Waals surface area contributed by atoms with E-state index in [9.17, 15) is 9.59 Å². The first-order valence-corrected chi connectivity index (χ1v) is 14.2. The van der Waals surface area contributed by atoms with E-state index in [1.807, 2.05) is 71.3 Å². The molecule has 0 radical (unpaired) electrons. The summed E-state index contributed by atoms with van der Waals surface area (Å²) in [4.78, 5) is 43.1. The fourth-order valence-corrected chi connectivity index (χ4v) is 4.99. The summed E-state index contributed by atoms with van der Waals surface area (Å²) < 4.78 is 5.75. The molecule has 0 saturated carbocycles. The van der Waals surface area contributed by atoms with Crippen molar-refractivity contribution in [3.8, 4) is 0 Å². The highest BCUT2D eigenvalue weighted by molar-refractivity contribution is 5.91. The first-order valence-electron chi connectivity index (χ1n) is 14.2. The third kappa shape index (κ3) is 7.40. The van der Waals surface area contributed by atoms with Crippen LogP contribution in [0.3, 0.4) is 0 Å². The molecule has 0 atom stereocenters. The summed E-state index contributed by atoms with van der Waals surface area (Å²) in [5, 5.41) is 3.28. The average molecular weight is 573 g/mol. The molecule has 1 aliphatic heterocycles. The minimum absolute atomic E-state index is 0. The largest absolute Gasteiger partial charge is 0.443 e. The maximum Gasteiger partial charge on any atom is 0.414 e. The molecule has 2 aromatic heterocycles. The Morgan fingerprint density at radius 2 is 1.98 bits per heavy atom. The molecule has 0 bridgehead atoms. The van der Waals surface area contributed by atoms with Crippen molar-refractivity contribution < 1.29 is 17.2 Å². The number of nitrogens with zero attached hydrogens (tertiary/aromatic N) is 5. The number of amides is 1. The molecule has 0 fully saturated rings. The number of hydrogen-bond acceptors (Lipinski definition) is 8. The number of nitrogens with one attached hydrogen (secondary N) is 1. The molecule has 3 heterocycles. The Kier molecular flexibility index (Phi) is 9.40. The molecule has 9 nitrogen and oxygen atoms in total. The molecule has 0 spiro atoms. The molecular weight excluding hydrogens is 528 g/mol. The van der Waals surface area contributed by atoms with Gasteiger partial charge in [-0.25, -0.2) is 14.8 Å². The maximum atomic E-state index is 13.3. The number of carbonyl (C=O) groups excluding carboxylic acids is 2. The molecule has 1 aromatic carbocycles. The van der Waals surface area contributed by atoms with E-state index in [4.69, 9.17) is 14.7 Å². The number of fused-ring (bicyclic) bond motifs is 1. The van der Waals surface area contributed by atoms with Gasteiger partial charge >= 0.3 is 6.09 Å². The van der Waals surface area contributed by atoms with Crippen LogP contribution in [0.4, 0.5) is 27.8 Å². The second kappa shape index (κ2) is 13.0. The Bertz CT molecular complexity index is 1510. The lowest BCUT2D eigenvalue weighted by molar-refractivity contribution is -0.114. The fourth-order valence-electron chi connectivity index (χ4n) is 4.99. The number of anilines is 4. The van der Waals surface area contributed by atoms with E-state index in [1.165, 1.54) is 6.08 Å². The second-order valence-electron chi connectivity index (χ2n) is 11.4. The van der Waals surface area contributed by atoms with E-state index in [1.54, 1.807) is 11.0 Å². The average Bonchev–Trinajstić information content (AvgIpc) is 2.93. The van der Waals surface area contributed by atoms with Crippen molar-refractivity contribution in [2.75, 3.05) is 28.2 Å². The van der Waals surface area contributed by atoms with Crippen LogP contribution in [0.2, 0.25) is 0 Å². The van der Waals surface area contributed by atoms with Crippen LogP contribution in [0.25, 0.3) is 0 Å². The van der Waals surface area contributed by atoms with Crippen molar-refractivity contribution in [2.45, 2.75) is 66.0 Å². The van der Waals surface area contributed by atoms with Gasteiger partial charge in [-0.3, -0.25) is 14.7 Å². The maximum absolute atomic E-state index is 13.3. The number of hydrogen-bond donors (Lipinski definition) is 1. The Hall–Kier alpha value is -4.53. The third-order valence-corrected chi connectivity index (χ3v) is 6.98. The number of aromatic nitrogens is 3. The first kappa shape index (κ1) is 30.4. The van der Waals surface area contributed by atoms with E-state index < -0.39 is 11.7 Å². The number of pyridine rings is 1. The second-order valence-corrected chi connectivity index (χ2v) is 11.4. The van der Waals surface area contributed by atoms with Crippen LogP contribution >= 0.6 is 0 Å². The smallest absolute Gasteiger partial charge is 0.414 e. The van der Waals surface area contributed by atoms with Crippen molar-refractivity contribution >= 4 is 34.9 Å². The van der Waals surface area contributed by atoms with Crippen molar-refractivity contribution in [1.82, 2.24) is 15.0 Å². The molecule has 1 amide bonds. The van der Waals surface area contributed by atoms with Gasteiger partial charge in [0.15, 0.2) is 5.78 Å². The summed E-state index contributed by atoms with van der Waals surface area (Å²) >= 11 is 0. The van der Waals surface area contributed by atoms with Crippen molar-refractivity contribution in [1.29, 1.82) is 0 Å². The van der Waals surface area contributed by atoms with Crippen LogP contribution < -0.4 is 15.1 Å². The molecule has 3 aromatic rings. The Morgan fingerprint density at radius 1 is 1.19 bits per heavy atom. The standard InChI is InChI=1S/C33H40N6O3.2H2/c1-8-10-15-39(32(41)42-33(5,6)7)30-22(3)29(20-34-23(30)4)38-16-14-25-19-35-31(37-28(25)21-38)36-26-13-11-12-24(17-26)18-27(40)9-2;;/h8-9,11-13,17,19-20H,1-2,10,14-16,18,21H2,3-7H3,(H,35,36,37);2*1H. The Balaban J connectivity index is 0.00000337. The lowest BCUT2D eigenvalue weighted by atomic mass is 10.0. The van der Waals surface area contributed by atoms with Gasteiger partial charge in [0, 0.05) is 34.2 Å². The molecule has 1 N–H and O–H groups in total. The highest BCUT2D eigenvalue weighted by atomic mass is 16.6. The lowest BCUT2D eigenvalue weighted by Crippen LogP contribution is -2.39. The summed E-state index contributed by atoms with van der Waals surface area (Å²) in [6.07, 6.45) is 8.17. The Morgan fingerprint density at radius 3 is 2.69 bits per heavy atom. The van der Waals surface area contributed by atoms with Gasteiger partial charge in [-0.1, -0.05) is 24.8 Å². The molecule has 4 rings (SSSR count). The summed E-state index contributed by atoms with van der Waals surface area (Å²) in [7, 11) is 0. The minimum Gasteiger partial charge on any atom is -0.443 e. The predicted molar refractivity (Wildman–Crippen MR) is 172 cm³/mol. The summed E-state index contributed by atoms with van der Waals surface area (Å²) in [6.45, 7) is 18.7. The van der Waals surface area contributed by atoms with E-state index in [-0.39, 0.29) is 8.64 Å². The number of rotatable bonds is 10. The summed E-state index contributed by atoms with van der Waals surface area (Å²) in [5.41, 5.74) is 6.52. The molecule has 224 valence electrons. The highest BCUT2D eigenvalue weighted by Crippen LogP contribution is 2.34. The van der Waals surface area contributed by atoms with Gasteiger partial charge in [-0.15, -0.1) is 6.58 Å². The monoisotopic (exact) mass is 572 g/mol. The molecule has 0 saturated heterocycles. The third-order valence-electron chi connectivity index (χ3n) is 6.98. The normalized spacial score (nSPS) is 12.7. The van der Waals surface area contributed by atoms with Gasteiger partial charge < -0.3 is 15.0 Å². The lowest BCUT2D eigenvalue weighted by Gasteiger charge is -2.34. The zero-order chi connectivity index (χ0) is 30.4. The Labute approximate surface area is 251 Å². The van der Waals surface area contributed by atoms with Crippen LogP contribution in [0.1, 0.15) is 58.1 Å². The van der Waals surface area contributed by atoms with Gasteiger partial charge in [0.25, 0.3) is 0 Å². The van der Waals surface area contributed by atoms with Gasteiger partial charge in [-0.2, -0.15) is 0 Å². The SMILES string of the molecule is C=CCCN(C(=O)OC(C)(C)C)c1c(C)ncc(N2CCc3cnc(Nc4cccc(CC(=O)C=C)c4)nc3C2)c1C.[HH].[HH]. The molecule has 0 unspecified atom stereocenters. The van der Waals surface area contributed by atoms with Crippen LogP contribution in [0.5, 0.6) is 0 Å². The van der Waals surface area contributed by atoms with Crippen molar-refractivity contribution in [2.24, 2.45) is 0 Å². The number of aryl methyl sites for hydroxylation is 1. The molecule has 42 heavy (non-hydrogen) atoms. The van der Waals surface area contributed by atoms with Gasteiger partial charge in [-0.05, 0) is 82.4 Å². The number of allylic oxidation sites excluding steroid dienone is 1. The molecular formula is C33H44N6O3. The predicted octanol–water partition coefficient (Wildman–Crippen LogP) is 6.90. The van der Waals surface area contributed by atoms with Crippen molar-refractivity contribution in [3.05, 3.63) is 90.0 Å². The van der Waals surface area contributed by atoms with Crippen LogP contribution in [0.15, 0.2) is 62.0 Å². The first-order chi connectivity index (χ1) is 20.0. The van der Waals surface area contributed by atoms with Crippen molar-refractivity contribution in [3.63, 3.8) is 0 Å². The molecule has 9 heteroatoms. The van der Waals surface area contributed by atoms with Gasteiger partial charge in [0.1, 0.15) is 5.60 Å². The number of ether oxygens (including phenoxy) is 1. The number of ketones is 1. The summed E-state index contributed by atoms with van der Waals surface area (Å²) in [5.74, 6) is 0.457. The van der Waals surface area contributed by atoms with Crippen LogP contribution in [0, 0.1) is 13.8 Å². The van der Waals surface area contributed by atoms with Crippen LogP contribution in [-0.2, 0) is 28.9 Å². The van der Waals surface area contributed by atoms with E-state index in [0.29, 0.717) is 31.9 Å². The van der Waals surface area contributed by atoms with Gasteiger partial charge in [0.05, 0.1) is 35.5 Å². The number of benzene rings is 1. The topological polar surface area (TPSA) is 101 Å². The van der Waals surface area contributed by atoms with E-state index in [2.05, 4.69) is 28.4 Å². The zero-order valence-electron chi connectivity index (χ0n) is 25.2. The zero-order valence-corrected chi connectivity index (χ0v) is 25.2. The quantitative estimate of drug-likeness (QED) is 0.207. The molecule has 0 aliphatic carbocycles. The summed E-state index contributed by atoms with van der Waals surface area (Å²) in [6, 6.07) is 7.64. The minimum atomic E-state index is -0.622.